The number of nitrogens with zero attached hydrogens (tertiary/aromatic N) is 1. The highest BCUT2D eigenvalue weighted by atomic mass is 79.9. The molecule has 4 nitrogen and oxygen atoms in total. The summed E-state index contributed by atoms with van der Waals surface area (Å²) in [6.07, 6.45) is -1.43. The van der Waals surface area contributed by atoms with Gasteiger partial charge < -0.3 is 9.84 Å². The van der Waals surface area contributed by atoms with Crippen molar-refractivity contribution in [2.24, 2.45) is 0 Å². The Morgan fingerprint density at radius 1 is 1.26 bits per heavy atom. The van der Waals surface area contributed by atoms with E-state index in [0.717, 1.165) is 4.47 Å². The first kappa shape index (κ1) is 15.4. The second-order valence-corrected chi connectivity index (χ2v) is 5.84. The highest BCUT2D eigenvalue weighted by Gasteiger charge is 2.18. The van der Waals surface area contributed by atoms with Crippen LogP contribution in [0.25, 0.3) is 22.2 Å². The molecule has 0 aliphatic heterocycles. The van der Waals surface area contributed by atoms with Gasteiger partial charge in [-0.15, -0.1) is 0 Å². The van der Waals surface area contributed by atoms with Crippen LogP contribution in [0.5, 0.6) is 5.75 Å². The van der Waals surface area contributed by atoms with Crippen LogP contribution in [-0.2, 0) is 0 Å². The summed E-state index contributed by atoms with van der Waals surface area (Å²) < 4.78 is 19.8. The first-order valence-corrected chi connectivity index (χ1v) is 7.52. The molecule has 1 aromatic heterocycles. The third-order valence-electron chi connectivity index (χ3n) is 3.45. The monoisotopic (exact) mass is 375 g/mol. The third-order valence-corrected chi connectivity index (χ3v) is 3.94. The summed E-state index contributed by atoms with van der Waals surface area (Å²) in [5.74, 6) is -0.275. The summed E-state index contributed by atoms with van der Waals surface area (Å²) in [5.41, 5.74) is 1.63. The Hall–Kier alpha value is -2.47. The molecule has 0 aliphatic carbocycles. The van der Waals surface area contributed by atoms with Gasteiger partial charge in [-0.1, -0.05) is 28.1 Å². The number of ether oxygens (including phenoxy) is 1. The van der Waals surface area contributed by atoms with Gasteiger partial charge in [0.2, 0.25) is 0 Å². The van der Waals surface area contributed by atoms with Crippen LogP contribution < -0.4 is 4.74 Å². The Bertz CT molecular complexity index is 927. The molecular formula is C17H11BrFNO3. The van der Waals surface area contributed by atoms with Gasteiger partial charge in [0, 0.05) is 21.0 Å². The van der Waals surface area contributed by atoms with E-state index in [4.69, 9.17) is 9.84 Å². The van der Waals surface area contributed by atoms with Crippen LogP contribution in [0.1, 0.15) is 5.56 Å². The molecular weight excluding hydrogens is 365 g/mol. The molecule has 1 heterocycles. The van der Waals surface area contributed by atoms with Crippen molar-refractivity contribution in [3.8, 4) is 17.0 Å². The second kappa shape index (κ2) is 5.96. The van der Waals surface area contributed by atoms with Gasteiger partial charge in [0.25, 0.3) is 0 Å². The molecule has 0 atom stereocenters. The first-order valence-electron chi connectivity index (χ1n) is 6.73. The summed E-state index contributed by atoms with van der Waals surface area (Å²) in [4.78, 5) is 15.5. The minimum atomic E-state index is -1.43. The number of hydrogen-bond donors (Lipinski definition) is 1. The minimum absolute atomic E-state index is 0.155. The van der Waals surface area contributed by atoms with E-state index in [2.05, 4.69) is 20.9 Å². The highest BCUT2D eigenvalue weighted by Crippen LogP contribution is 2.37. The van der Waals surface area contributed by atoms with Gasteiger partial charge >= 0.3 is 6.16 Å². The van der Waals surface area contributed by atoms with Crippen molar-refractivity contribution in [2.45, 2.75) is 6.92 Å². The lowest BCUT2D eigenvalue weighted by molar-refractivity contribution is 0.144. The Kier molecular flexibility index (Phi) is 4.00. The van der Waals surface area contributed by atoms with Crippen molar-refractivity contribution in [2.75, 3.05) is 0 Å². The van der Waals surface area contributed by atoms with Gasteiger partial charge in [0.1, 0.15) is 11.6 Å². The fourth-order valence-corrected chi connectivity index (χ4v) is 2.80. The number of fused-ring (bicyclic) bond motifs is 1. The first-order chi connectivity index (χ1) is 11.0. The fourth-order valence-electron chi connectivity index (χ4n) is 2.44. The summed E-state index contributed by atoms with van der Waals surface area (Å²) in [6, 6.07) is 11.4. The average molecular weight is 376 g/mol. The van der Waals surface area contributed by atoms with Gasteiger partial charge in [-0.05, 0) is 37.3 Å². The van der Waals surface area contributed by atoms with E-state index >= 15 is 0 Å². The number of carbonyl (C=O) groups is 1. The molecule has 0 aliphatic rings. The molecule has 0 bridgehead atoms. The number of carboxylic acid groups (broad SMARTS) is 1. The molecule has 0 saturated carbocycles. The number of benzene rings is 2. The van der Waals surface area contributed by atoms with E-state index in [9.17, 15) is 9.18 Å². The van der Waals surface area contributed by atoms with Gasteiger partial charge in [-0.3, -0.25) is 0 Å². The lowest BCUT2D eigenvalue weighted by Crippen LogP contribution is -2.06. The summed E-state index contributed by atoms with van der Waals surface area (Å²) in [7, 11) is 0. The summed E-state index contributed by atoms with van der Waals surface area (Å²) in [5, 5.41) is 9.55. The van der Waals surface area contributed by atoms with Gasteiger partial charge in [0.15, 0.2) is 0 Å². The molecule has 23 heavy (non-hydrogen) atoms. The number of halogens is 2. The molecule has 0 fully saturated rings. The van der Waals surface area contributed by atoms with E-state index < -0.39 is 12.0 Å². The van der Waals surface area contributed by atoms with Crippen molar-refractivity contribution < 1.29 is 19.0 Å². The minimum Gasteiger partial charge on any atom is -0.449 e. The Labute approximate surface area is 139 Å². The second-order valence-electron chi connectivity index (χ2n) is 4.92. The third kappa shape index (κ3) is 2.90. The number of pyridine rings is 1. The lowest BCUT2D eigenvalue weighted by atomic mass is 10.0. The molecule has 0 radical (unpaired) electrons. The molecule has 1 N–H and O–H groups in total. The molecule has 2 aromatic carbocycles. The maximum atomic E-state index is 14.1. The predicted molar refractivity (Wildman–Crippen MR) is 88.2 cm³/mol. The highest BCUT2D eigenvalue weighted by molar-refractivity contribution is 9.10. The van der Waals surface area contributed by atoms with E-state index in [1.807, 2.05) is 0 Å². The topological polar surface area (TPSA) is 59.4 Å². The number of aromatic nitrogens is 1. The quantitative estimate of drug-likeness (QED) is 0.627. The Balaban J connectivity index is 2.36. The van der Waals surface area contributed by atoms with E-state index in [1.165, 1.54) is 6.07 Å². The largest absolute Gasteiger partial charge is 0.511 e. The van der Waals surface area contributed by atoms with Crippen LogP contribution in [0.3, 0.4) is 0 Å². The summed E-state index contributed by atoms with van der Waals surface area (Å²) in [6.45, 7) is 1.66. The van der Waals surface area contributed by atoms with Gasteiger partial charge in [-0.2, -0.15) is 0 Å². The molecule has 3 rings (SSSR count). The zero-order valence-corrected chi connectivity index (χ0v) is 13.6. The smallest absolute Gasteiger partial charge is 0.449 e. The van der Waals surface area contributed by atoms with Crippen molar-refractivity contribution in [3.05, 3.63) is 58.3 Å². The predicted octanol–water partition coefficient (Wildman–Crippen LogP) is 5.17. The van der Waals surface area contributed by atoms with Gasteiger partial charge in [-0.25, -0.2) is 14.2 Å². The van der Waals surface area contributed by atoms with Crippen LogP contribution >= 0.6 is 15.9 Å². The van der Waals surface area contributed by atoms with Crippen LogP contribution in [0.2, 0.25) is 0 Å². The number of hydrogen-bond acceptors (Lipinski definition) is 3. The van der Waals surface area contributed by atoms with Crippen LogP contribution in [0, 0.1) is 12.7 Å². The molecule has 0 spiro atoms. The van der Waals surface area contributed by atoms with Gasteiger partial charge in [0.05, 0.1) is 11.2 Å². The molecule has 0 unspecified atom stereocenters. The average Bonchev–Trinajstić information content (AvgIpc) is 2.51. The van der Waals surface area contributed by atoms with Crippen molar-refractivity contribution >= 4 is 33.0 Å². The standard InChI is InChI=1S/C17H11BrFNO3/c1-9-15(11-4-2-3-5-13(11)19)20-14-7-6-10(18)8-12(14)16(9)23-17(21)22/h2-8H,1H3,(H,21,22). The van der Waals surface area contributed by atoms with E-state index in [0.29, 0.717) is 27.7 Å². The molecule has 0 saturated heterocycles. The van der Waals surface area contributed by atoms with E-state index in [1.54, 1.807) is 43.3 Å². The summed E-state index contributed by atoms with van der Waals surface area (Å²) >= 11 is 3.34. The normalized spacial score (nSPS) is 10.7. The van der Waals surface area contributed by atoms with Crippen molar-refractivity contribution in [3.63, 3.8) is 0 Å². The van der Waals surface area contributed by atoms with Crippen LogP contribution in [0.4, 0.5) is 9.18 Å². The van der Waals surface area contributed by atoms with Crippen molar-refractivity contribution in [1.29, 1.82) is 0 Å². The molecule has 0 amide bonds. The van der Waals surface area contributed by atoms with Crippen LogP contribution in [0.15, 0.2) is 46.9 Å². The van der Waals surface area contributed by atoms with Crippen LogP contribution in [-0.4, -0.2) is 16.2 Å². The fraction of sp³-hybridized carbons (Fsp3) is 0.0588. The Morgan fingerprint density at radius 3 is 2.70 bits per heavy atom. The van der Waals surface area contributed by atoms with Crippen molar-refractivity contribution in [1.82, 2.24) is 4.98 Å². The zero-order valence-electron chi connectivity index (χ0n) is 12.0. The molecule has 3 aromatic rings. The Morgan fingerprint density at radius 2 is 2.00 bits per heavy atom. The maximum Gasteiger partial charge on any atom is 0.511 e. The lowest BCUT2D eigenvalue weighted by Gasteiger charge is -2.14. The maximum absolute atomic E-state index is 14.1. The van der Waals surface area contributed by atoms with E-state index in [-0.39, 0.29) is 5.75 Å². The SMILES string of the molecule is Cc1c(-c2ccccc2F)nc2ccc(Br)cc2c1OC(=O)O. The molecule has 6 heteroatoms. The zero-order chi connectivity index (χ0) is 16.6. The molecule has 116 valence electrons. The number of rotatable bonds is 2.